The van der Waals surface area contributed by atoms with Gasteiger partial charge in [0.1, 0.15) is 4.87 Å². The van der Waals surface area contributed by atoms with Crippen LogP contribution in [0.5, 0.6) is 0 Å². The summed E-state index contributed by atoms with van der Waals surface area (Å²) >= 11 is 12.8. The van der Waals surface area contributed by atoms with E-state index in [0.717, 1.165) is 6.42 Å². The number of carboxylic acid groups (broad SMARTS) is 1. The lowest BCUT2D eigenvalue weighted by molar-refractivity contribution is -0.141. The number of alkyl halides is 3. The Morgan fingerprint density at radius 2 is 2.08 bits per heavy atom. The molecular formula is C7H9Br2ClO2. The average molecular weight is 320 g/mol. The standard InChI is InChI=1S/C7H9Br2ClO2/c8-4-1-2-7(10,6(11)12)3-5(4)9/h4-5H,1-3H2,(H,11,12). The molecule has 1 aliphatic rings. The molecule has 1 N–H and O–H groups in total. The van der Waals surface area contributed by atoms with Crippen molar-refractivity contribution in [3.63, 3.8) is 0 Å². The summed E-state index contributed by atoms with van der Waals surface area (Å²) in [5.74, 6) is -0.909. The van der Waals surface area contributed by atoms with E-state index in [4.69, 9.17) is 16.7 Å². The maximum absolute atomic E-state index is 10.8. The third-order valence-corrected chi connectivity index (χ3v) is 5.38. The third-order valence-electron chi connectivity index (χ3n) is 2.11. The summed E-state index contributed by atoms with van der Waals surface area (Å²) in [4.78, 5) is 10.2. The lowest BCUT2D eigenvalue weighted by atomic mass is 9.88. The van der Waals surface area contributed by atoms with E-state index in [1.165, 1.54) is 0 Å². The topological polar surface area (TPSA) is 37.3 Å². The van der Waals surface area contributed by atoms with Crippen LogP contribution in [-0.2, 0) is 4.79 Å². The van der Waals surface area contributed by atoms with Crippen molar-refractivity contribution in [2.75, 3.05) is 0 Å². The van der Waals surface area contributed by atoms with E-state index in [0.29, 0.717) is 17.7 Å². The first-order valence-corrected chi connectivity index (χ1v) is 5.87. The van der Waals surface area contributed by atoms with Gasteiger partial charge in [-0.25, -0.2) is 0 Å². The molecule has 12 heavy (non-hydrogen) atoms. The molecule has 0 aromatic carbocycles. The summed E-state index contributed by atoms with van der Waals surface area (Å²) in [6.45, 7) is 0. The number of carbonyl (C=O) groups is 1. The van der Waals surface area contributed by atoms with Crippen molar-refractivity contribution >= 4 is 49.4 Å². The van der Waals surface area contributed by atoms with Gasteiger partial charge in [0.05, 0.1) is 0 Å². The SMILES string of the molecule is O=C(O)C1(Cl)CCC(Br)C(Br)C1. The highest BCUT2D eigenvalue weighted by molar-refractivity contribution is 9.12. The molecule has 0 amide bonds. The Kier molecular flexibility index (Phi) is 3.46. The largest absolute Gasteiger partial charge is 0.480 e. The second kappa shape index (κ2) is 3.84. The smallest absolute Gasteiger partial charge is 0.324 e. The van der Waals surface area contributed by atoms with E-state index in [-0.39, 0.29) is 4.83 Å². The Morgan fingerprint density at radius 3 is 2.50 bits per heavy atom. The lowest BCUT2D eigenvalue weighted by Gasteiger charge is -2.33. The molecule has 0 heterocycles. The molecule has 1 fully saturated rings. The molecule has 0 spiro atoms. The third kappa shape index (κ3) is 2.15. The van der Waals surface area contributed by atoms with Gasteiger partial charge in [-0.3, -0.25) is 4.79 Å². The van der Waals surface area contributed by atoms with Crippen molar-refractivity contribution in [2.24, 2.45) is 0 Å². The molecule has 3 unspecified atom stereocenters. The molecule has 0 radical (unpaired) electrons. The molecule has 2 nitrogen and oxygen atoms in total. The van der Waals surface area contributed by atoms with Crippen molar-refractivity contribution in [2.45, 2.75) is 33.8 Å². The number of aliphatic carboxylic acids is 1. The molecular weight excluding hydrogens is 311 g/mol. The fourth-order valence-electron chi connectivity index (χ4n) is 1.28. The zero-order chi connectivity index (χ0) is 9.35. The summed E-state index contributed by atoms with van der Waals surface area (Å²) in [6.07, 6.45) is 1.80. The van der Waals surface area contributed by atoms with Gasteiger partial charge in [0.2, 0.25) is 0 Å². The normalized spacial score (nSPS) is 42.6. The molecule has 0 aromatic heterocycles. The quantitative estimate of drug-likeness (QED) is 0.754. The Balaban J connectivity index is 2.66. The number of hydrogen-bond donors (Lipinski definition) is 1. The molecule has 70 valence electrons. The van der Waals surface area contributed by atoms with Crippen LogP contribution in [0.1, 0.15) is 19.3 Å². The van der Waals surface area contributed by atoms with Crippen LogP contribution in [0.15, 0.2) is 0 Å². The van der Waals surface area contributed by atoms with Crippen LogP contribution in [0.2, 0.25) is 0 Å². The average Bonchev–Trinajstić information content (AvgIpc) is 1.97. The number of hydrogen-bond acceptors (Lipinski definition) is 1. The van der Waals surface area contributed by atoms with Crippen LogP contribution in [0.25, 0.3) is 0 Å². The molecule has 3 atom stereocenters. The Morgan fingerprint density at radius 1 is 1.50 bits per heavy atom. The van der Waals surface area contributed by atoms with E-state index in [1.54, 1.807) is 0 Å². The van der Waals surface area contributed by atoms with Crippen molar-refractivity contribution in [3.05, 3.63) is 0 Å². The summed E-state index contributed by atoms with van der Waals surface area (Å²) in [5.41, 5.74) is 0. The maximum Gasteiger partial charge on any atom is 0.324 e. The minimum Gasteiger partial charge on any atom is -0.480 e. The highest BCUT2D eigenvalue weighted by atomic mass is 79.9. The minimum atomic E-state index is -1.06. The number of rotatable bonds is 1. The van der Waals surface area contributed by atoms with Gasteiger partial charge in [-0.1, -0.05) is 31.9 Å². The van der Waals surface area contributed by atoms with Gasteiger partial charge in [0.25, 0.3) is 0 Å². The van der Waals surface area contributed by atoms with Crippen LogP contribution in [0, 0.1) is 0 Å². The zero-order valence-corrected chi connectivity index (χ0v) is 10.2. The van der Waals surface area contributed by atoms with Gasteiger partial charge >= 0.3 is 5.97 Å². The maximum atomic E-state index is 10.8. The first kappa shape index (κ1) is 10.8. The van der Waals surface area contributed by atoms with Gasteiger partial charge < -0.3 is 5.11 Å². The molecule has 0 aromatic rings. The summed E-state index contributed by atoms with van der Waals surface area (Å²) in [6, 6.07) is 0. The van der Waals surface area contributed by atoms with Gasteiger partial charge in [0, 0.05) is 9.65 Å². The van der Waals surface area contributed by atoms with Crippen molar-refractivity contribution in [1.82, 2.24) is 0 Å². The van der Waals surface area contributed by atoms with Crippen LogP contribution < -0.4 is 0 Å². The minimum absolute atomic E-state index is 0.153. The molecule has 5 heteroatoms. The summed E-state index contributed by atoms with van der Waals surface area (Å²) in [7, 11) is 0. The highest BCUT2D eigenvalue weighted by Gasteiger charge is 2.43. The summed E-state index contributed by atoms with van der Waals surface area (Å²) in [5, 5.41) is 8.83. The van der Waals surface area contributed by atoms with E-state index in [1.807, 2.05) is 0 Å². The zero-order valence-electron chi connectivity index (χ0n) is 6.27. The molecule has 0 aliphatic heterocycles. The van der Waals surface area contributed by atoms with Gasteiger partial charge in [0.15, 0.2) is 0 Å². The fourth-order valence-corrected chi connectivity index (χ4v) is 2.98. The van der Waals surface area contributed by atoms with Crippen molar-refractivity contribution in [3.8, 4) is 0 Å². The Hall–Kier alpha value is 0.720. The van der Waals surface area contributed by atoms with E-state index in [2.05, 4.69) is 31.9 Å². The van der Waals surface area contributed by atoms with Crippen LogP contribution in [-0.4, -0.2) is 25.6 Å². The predicted octanol–water partition coefficient (Wildman–Crippen LogP) is 2.76. The lowest BCUT2D eigenvalue weighted by Crippen LogP contribution is -2.41. The van der Waals surface area contributed by atoms with Gasteiger partial charge in [-0.2, -0.15) is 0 Å². The molecule has 0 bridgehead atoms. The van der Waals surface area contributed by atoms with E-state index >= 15 is 0 Å². The highest BCUT2D eigenvalue weighted by Crippen LogP contribution is 2.40. The predicted molar refractivity (Wildman–Crippen MR) is 55.5 cm³/mol. The van der Waals surface area contributed by atoms with Gasteiger partial charge in [-0.15, -0.1) is 11.6 Å². The Bertz CT molecular complexity index is 200. The monoisotopic (exact) mass is 318 g/mol. The van der Waals surface area contributed by atoms with E-state index < -0.39 is 10.8 Å². The molecule has 1 saturated carbocycles. The molecule has 1 aliphatic carbocycles. The van der Waals surface area contributed by atoms with Crippen LogP contribution >= 0.6 is 43.5 Å². The van der Waals surface area contributed by atoms with Crippen molar-refractivity contribution < 1.29 is 9.90 Å². The summed E-state index contributed by atoms with van der Waals surface area (Å²) < 4.78 is 0. The molecule has 0 saturated heterocycles. The van der Waals surface area contributed by atoms with Crippen LogP contribution in [0.4, 0.5) is 0 Å². The van der Waals surface area contributed by atoms with Crippen molar-refractivity contribution in [1.29, 1.82) is 0 Å². The number of carboxylic acids is 1. The van der Waals surface area contributed by atoms with Gasteiger partial charge in [-0.05, 0) is 19.3 Å². The van der Waals surface area contributed by atoms with Crippen LogP contribution in [0.3, 0.4) is 0 Å². The van der Waals surface area contributed by atoms with E-state index in [9.17, 15) is 4.79 Å². The second-order valence-electron chi connectivity index (χ2n) is 3.05. The Labute approximate surface area is 92.9 Å². The first-order valence-electron chi connectivity index (χ1n) is 3.66. The second-order valence-corrected chi connectivity index (χ2v) is 6.12. The first-order chi connectivity index (χ1) is 5.46. The fraction of sp³-hybridized carbons (Fsp3) is 0.857. The number of halogens is 3. The molecule has 1 rings (SSSR count).